The van der Waals surface area contributed by atoms with E-state index >= 15 is 0 Å². The Labute approximate surface area is 242 Å². The lowest BCUT2D eigenvalue weighted by Crippen LogP contribution is -2.55. The third kappa shape index (κ3) is 7.73. The van der Waals surface area contributed by atoms with E-state index in [9.17, 15) is 19.2 Å². The van der Waals surface area contributed by atoms with E-state index in [1.54, 1.807) is 11.8 Å². The van der Waals surface area contributed by atoms with Crippen LogP contribution in [-0.4, -0.2) is 78.9 Å². The van der Waals surface area contributed by atoms with Crippen molar-refractivity contribution in [2.45, 2.75) is 64.1 Å². The van der Waals surface area contributed by atoms with Crippen molar-refractivity contribution in [1.29, 1.82) is 0 Å². The summed E-state index contributed by atoms with van der Waals surface area (Å²) in [5.41, 5.74) is 1.30. The summed E-state index contributed by atoms with van der Waals surface area (Å²) in [5, 5.41) is 7.88. The molecule has 0 radical (unpaired) electrons. The van der Waals surface area contributed by atoms with Crippen molar-refractivity contribution in [3.05, 3.63) is 60.2 Å². The Morgan fingerprint density at radius 1 is 1.02 bits per heavy atom. The molecule has 4 rings (SSSR count). The summed E-state index contributed by atoms with van der Waals surface area (Å²) in [5.74, 6) is -1.20. The van der Waals surface area contributed by atoms with Crippen LogP contribution in [0.25, 0.3) is 10.8 Å². The number of benzene rings is 2. The van der Waals surface area contributed by atoms with Gasteiger partial charge in [0.15, 0.2) is 0 Å². The number of hydrogen-bond acceptors (Lipinski definition) is 6. The smallest absolute Gasteiger partial charge is 0.330 e. The van der Waals surface area contributed by atoms with Crippen LogP contribution in [0.3, 0.4) is 0 Å². The van der Waals surface area contributed by atoms with Gasteiger partial charge < -0.3 is 20.3 Å². The van der Waals surface area contributed by atoms with Crippen LogP contribution in [0.4, 0.5) is 0 Å². The highest BCUT2D eigenvalue weighted by molar-refractivity contribution is 5.91. The molecule has 1 saturated heterocycles. The molecule has 1 saturated carbocycles. The largest absolute Gasteiger partial charge is 0.466 e. The maximum absolute atomic E-state index is 13.4. The monoisotopic (exact) mass is 562 g/mol. The molecule has 2 aromatic rings. The molecule has 2 fully saturated rings. The maximum atomic E-state index is 13.4. The number of hydrogen-bond donors (Lipinski definition) is 2. The number of methoxy groups -OCH3 is 1. The maximum Gasteiger partial charge on any atom is 0.330 e. The van der Waals surface area contributed by atoms with Crippen LogP contribution in [-0.2, 0) is 23.9 Å². The first-order chi connectivity index (χ1) is 19.8. The van der Waals surface area contributed by atoms with Crippen LogP contribution < -0.4 is 10.6 Å². The zero-order valence-electron chi connectivity index (χ0n) is 24.3. The highest BCUT2D eigenvalue weighted by Gasteiger charge is 2.36. The molecule has 2 aromatic carbocycles. The molecule has 220 valence electrons. The minimum atomic E-state index is -0.780. The Hall–Kier alpha value is -3.72. The number of rotatable bonds is 11. The Morgan fingerprint density at radius 3 is 2.41 bits per heavy atom. The predicted octanol–water partition coefficient (Wildman–Crippen LogP) is 3.34. The van der Waals surface area contributed by atoms with Gasteiger partial charge in [-0.05, 0) is 55.9 Å². The molecule has 2 N–H and O–H groups in total. The summed E-state index contributed by atoms with van der Waals surface area (Å²) in [6, 6.07) is 14.3. The summed E-state index contributed by atoms with van der Waals surface area (Å²) in [6.07, 6.45) is 7.07. The van der Waals surface area contributed by atoms with Gasteiger partial charge in [0.05, 0.1) is 13.7 Å². The van der Waals surface area contributed by atoms with Crippen molar-refractivity contribution in [2.24, 2.45) is 5.92 Å². The topological polar surface area (TPSA) is 108 Å². The minimum absolute atomic E-state index is 0.0160. The fraction of sp³-hybridized carbons (Fsp3) is 0.500. The first kappa shape index (κ1) is 30.2. The third-order valence-electron chi connectivity index (χ3n) is 8.43. The summed E-state index contributed by atoms with van der Waals surface area (Å²) in [4.78, 5) is 54.2. The zero-order chi connectivity index (χ0) is 29.4. The van der Waals surface area contributed by atoms with Crippen LogP contribution in [0.5, 0.6) is 0 Å². The van der Waals surface area contributed by atoms with Crippen LogP contribution >= 0.6 is 0 Å². The lowest BCUT2D eigenvalue weighted by Gasteiger charge is -2.42. The number of nitrogens with one attached hydrogen (secondary N) is 2. The van der Waals surface area contributed by atoms with Crippen molar-refractivity contribution in [2.75, 3.05) is 33.3 Å². The standard InChI is InChI=1S/C32H42N4O5/c1-22(31(39)33-18-8-15-30(38)41-3)34-29(37)21-36(32(40)25-11-6-12-25)26-16-19-35(20-17-26)23(2)27-14-7-10-24-9-4-5-13-28(24)27/h4-5,7-10,13-15,22-23,25-26H,6,11-12,16-21H2,1-3H3,(H,33,39)(H,34,37)/b15-8+/t22-,23?/m0/s1. The number of fused-ring (bicyclic) bond motifs is 1. The predicted molar refractivity (Wildman–Crippen MR) is 158 cm³/mol. The molecular weight excluding hydrogens is 520 g/mol. The quantitative estimate of drug-likeness (QED) is 0.321. The van der Waals surface area contributed by atoms with Crippen LogP contribution in [0, 0.1) is 5.92 Å². The van der Waals surface area contributed by atoms with E-state index in [1.807, 2.05) is 0 Å². The first-order valence-corrected chi connectivity index (χ1v) is 14.6. The molecule has 0 spiro atoms. The number of carbonyl (C=O) groups is 4. The molecule has 9 heteroatoms. The highest BCUT2D eigenvalue weighted by atomic mass is 16.5. The van der Waals surface area contributed by atoms with E-state index in [-0.39, 0.29) is 48.8 Å². The summed E-state index contributed by atoms with van der Waals surface area (Å²) in [7, 11) is 1.28. The number of esters is 1. The molecule has 9 nitrogen and oxygen atoms in total. The molecule has 41 heavy (non-hydrogen) atoms. The SMILES string of the molecule is COC(=O)/C=C/CNC(=O)[C@H](C)NC(=O)CN(C(=O)C1CCC1)C1CCN(C(C)c2cccc3ccccc23)CC1. The van der Waals surface area contributed by atoms with Gasteiger partial charge in [0.2, 0.25) is 17.7 Å². The van der Waals surface area contributed by atoms with Crippen molar-refractivity contribution in [3.8, 4) is 0 Å². The van der Waals surface area contributed by atoms with Gasteiger partial charge in [-0.3, -0.25) is 19.3 Å². The zero-order valence-corrected chi connectivity index (χ0v) is 24.3. The van der Waals surface area contributed by atoms with E-state index in [4.69, 9.17) is 0 Å². The highest BCUT2D eigenvalue weighted by Crippen LogP contribution is 2.33. The van der Waals surface area contributed by atoms with Crippen molar-refractivity contribution >= 4 is 34.5 Å². The van der Waals surface area contributed by atoms with Gasteiger partial charge in [0.25, 0.3) is 0 Å². The number of carbonyl (C=O) groups excluding carboxylic acids is 4. The lowest BCUT2D eigenvalue weighted by atomic mass is 9.83. The van der Waals surface area contributed by atoms with Crippen molar-refractivity contribution in [1.82, 2.24) is 20.4 Å². The number of amides is 3. The minimum Gasteiger partial charge on any atom is -0.466 e. The van der Waals surface area contributed by atoms with E-state index in [1.165, 1.54) is 35.6 Å². The van der Waals surface area contributed by atoms with Gasteiger partial charge in [-0.15, -0.1) is 0 Å². The first-order valence-electron chi connectivity index (χ1n) is 14.6. The molecule has 1 aliphatic carbocycles. The van der Waals surface area contributed by atoms with Crippen LogP contribution in [0.2, 0.25) is 0 Å². The summed E-state index contributed by atoms with van der Waals surface area (Å²) < 4.78 is 4.52. The Morgan fingerprint density at radius 2 is 1.73 bits per heavy atom. The van der Waals surface area contributed by atoms with Crippen LogP contribution in [0.1, 0.15) is 57.6 Å². The van der Waals surface area contributed by atoms with Gasteiger partial charge in [0, 0.05) is 43.7 Å². The van der Waals surface area contributed by atoms with E-state index < -0.39 is 12.0 Å². The second-order valence-electron chi connectivity index (χ2n) is 11.1. The van der Waals surface area contributed by atoms with Gasteiger partial charge in [-0.2, -0.15) is 0 Å². The summed E-state index contributed by atoms with van der Waals surface area (Å²) in [6.45, 7) is 5.59. The van der Waals surface area contributed by atoms with E-state index in [2.05, 4.69) is 69.7 Å². The van der Waals surface area contributed by atoms with Gasteiger partial charge in [-0.1, -0.05) is 55.0 Å². The Balaban J connectivity index is 1.34. The second-order valence-corrected chi connectivity index (χ2v) is 11.1. The van der Waals surface area contributed by atoms with Crippen molar-refractivity contribution < 1.29 is 23.9 Å². The average molecular weight is 563 g/mol. The molecule has 0 aromatic heterocycles. The Bertz CT molecular complexity index is 1260. The van der Waals surface area contributed by atoms with Crippen LogP contribution in [0.15, 0.2) is 54.6 Å². The number of ether oxygens (including phenoxy) is 1. The average Bonchev–Trinajstić information content (AvgIpc) is 2.96. The molecule has 1 unspecified atom stereocenters. The molecule has 2 aliphatic rings. The number of piperidine rings is 1. The van der Waals surface area contributed by atoms with Crippen molar-refractivity contribution in [3.63, 3.8) is 0 Å². The van der Waals surface area contributed by atoms with Gasteiger partial charge in [0.1, 0.15) is 6.04 Å². The summed E-state index contributed by atoms with van der Waals surface area (Å²) >= 11 is 0. The fourth-order valence-electron chi connectivity index (χ4n) is 5.72. The second kappa shape index (κ2) is 14.3. The normalized spacial score (nSPS) is 17.9. The fourth-order valence-corrected chi connectivity index (χ4v) is 5.72. The molecular formula is C32H42N4O5. The number of nitrogens with zero attached hydrogens (tertiary/aromatic N) is 2. The molecule has 0 bridgehead atoms. The lowest BCUT2D eigenvalue weighted by molar-refractivity contribution is -0.145. The molecule has 1 aliphatic heterocycles. The molecule has 2 atom stereocenters. The third-order valence-corrected chi connectivity index (χ3v) is 8.43. The van der Waals surface area contributed by atoms with Gasteiger partial charge in [-0.25, -0.2) is 4.79 Å². The molecule has 1 heterocycles. The van der Waals surface area contributed by atoms with Gasteiger partial charge >= 0.3 is 5.97 Å². The Kier molecular flexibility index (Phi) is 10.5. The number of likely N-dealkylation sites (tertiary alicyclic amines) is 1. The molecule has 3 amide bonds. The van der Waals surface area contributed by atoms with E-state index in [0.717, 1.165) is 45.2 Å². The van der Waals surface area contributed by atoms with E-state index in [0.29, 0.717) is 0 Å².